The Bertz CT molecular complexity index is 181. The van der Waals surface area contributed by atoms with Crippen molar-refractivity contribution in [1.82, 2.24) is 5.32 Å². The molecule has 0 aromatic heterocycles. The lowest BCUT2D eigenvalue weighted by atomic mass is 10.3. The smallest absolute Gasteiger partial charge is 0.221 e. The van der Waals surface area contributed by atoms with Gasteiger partial charge in [-0.15, -0.1) is 0 Å². The third-order valence-corrected chi connectivity index (χ3v) is 1.34. The van der Waals surface area contributed by atoms with Gasteiger partial charge in [0, 0.05) is 13.1 Å². The molecule has 0 unspecified atom stereocenters. The Morgan fingerprint density at radius 1 is 1.31 bits per heavy atom. The first kappa shape index (κ1) is 11.7. The molecular formula is C8H19N5. The maximum atomic E-state index is 5.23. The summed E-state index contributed by atoms with van der Waals surface area (Å²) >= 11 is 0. The van der Waals surface area contributed by atoms with Gasteiger partial charge >= 0.3 is 0 Å². The molecule has 0 saturated carbocycles. The Hall–Kier alpha value is -1.26. The molecule has 0 bridgehead atoms. The van der Waals surface area contributed by atoms with Gasteiger partial charge in [-0.3, -0.25) is 4.99 Å². The number of nitrogens with one attached hydrogen (secondary N) is 1. The van der Waals surface area contributed by atoms with Crippen LogP contribution in [0.1, 0.15) is 26.7 Å². The molecule has 0 atom stereocenters. The standard InChI is InChI=1S/C8H19N5/c1-3-5-6-12-8(11-4-2)13-7(9)10/h3-6H2,1-2H3,(H5,9,10,11,12,13). The van der Waals surface area contributed by atoms with Crippen LogP contribution in [0.3, 0.4) is 0 Å². The number of hydrogen-bond acceptors (Lipinski definition) is 1. The van der Waals surface area contributed by atoms with Gasteiger partial charge in [-0.25, -0.2) is 0 Å². The van der Waals surface area contributed by atoms with Gasteiger partial charge in [0.15, 0.2) is 5.96 Å². The van der Waals surface area contributed by atoms with E-state index in [1.165, 1.54) is 0 Å². The summed E-state index contributed by atoms with van der Waals surface area (Å²) in [7, 11) is 0. The fraction of sp³-hybridized carbons (Fsp3) is 0.750. The van der Waals surface area contributed by atoms with E-state index in [0.29, 0.717) is 5.96 Å². The minimum atomic E-state index is 0.0381. The highest BCUT2D eigenvalue weighted by atomic mass is 15.2. The summed E-state index contributed by atoms with van der Waals surface area (Å²) in [6.45, 7) is 5.61. The second kappa shape index (κ2) is 7.39. The highest BCUT2D eigenvalue weighted by Gasteiger charge is 1.93. The average molecular weight is 185 g/mol. The van der Waals surface area contributed by atoms with Crippen LogP contribution in [0.2, 0.25) is 0 Å². The van der Waals surface area contributed by atoms with Crippen molar-refractivity contribution in [2.45, 2.75) is 26.7 Å². The van der Waals surface area contributed by atoms with Crippen molar-refractivity contribution >= 4 is 11.9 Å². The molecule has 0 aliphatic carbocycles. The van der Waals surface area contributed by atoms with Crippen molar-refractivity contribution in [3.05, 3.63) is 0 Å². The minimum absolute atomic E-state index is 0.0381. The molecule has 0 saturated heterocycles. The van der Waals surface area contributed by atoms with Gasteiger partial charge < -0.3 is 16.8 Å². The Balaban J connectivity index is 4.06. The number of guanidine groups is 2. The lowest BCUT2D eigenvalue weighted by molar-refractivity contribution is 0.798. The second-order valence-corrected chi connectivity index (χ2v) is 2.63. The zero-order valence-electron chi connectivity index (χ0n) is 8.38. The van der Waals surface area contributed by atoms with Crippen molar-refractivity contribution in [3.63, 3.8) is 0 Å². The first-order valence-corrected chi connectivity index (χ1v) is 4.58. The molecule has 0 heterocycles. The van der Waals surface area contributed by atoms with E-state index in [2.05, 4.69) is 22.2 Å². The summed E-state index contributed by atoms with van der Waals surface area (Å²) < 4.78 is 0. The predicted molar refractivity (Wildman–Crippen MR) is 56.7 cm³/mol. The molecule has 0 radical (unpaired) electrons. The minimum Gasteiger partial charge on any atom is -0.370 e. The maximum absolute atomic E-state index is 5.23. The van der Waals surface area contributed by atoms with E-state index in [1.54, 1.807) is 0 Å². The predicted octanol–water partition coefficient (Wildman–Crippen LogP) is 0.0254. The Kier molecular flexibility index (Phi) is 6.68. The first-order valence-electron chi connectivity index (χ1n) is 4.58. The summed E-state index contributed by atoms with van der Waals surface area (Å²) in [5, 5.41) is 2.98. The van der Waals surface area contributed by atoms with Gasteiger partial charge in [0.25, 0.3) is 0 Å². The summed E-state index contributed by atoms with van der Waals surface area (Å²) in [6, 6.07) is 0. The lowest BCUT2D eigenvalue weighted by Gasteiger charge is -2.02. The normalized spacial score (nSPS) is 11.1. The second-order valence-electron chi connectivity index (χ2n) is 2.63. The van der Waals surface area contributed by atoms with Crippen molar-refractivity contribution in [2.75, 3.05) is 13.1 Å². The Morgan fingerprint density at radius 3 is 2.46 bits per heavy atom. The molecule has 0 aliphatic heterocycles. The SMILES string of the molecule is CCCCN=C(N=C(N)N)NCC. The van der Waals surface area contributed by atoms with E-state index < -0.39 is 0 Å². The van der Waals surface area contributed by atoms with E-state index in [1.807, 2.05) is 6.92 Å². The maximum Gasteiger partial charge on any atom is 0.221 e. The molecule has 5 nitrogen and oxygen atoms in total. The third-order valence-electron chi connectivity index (χ3n) is 1.34. The third kappa shape index (κ3) is 7.11. The van der Waals surface area contributed by atoms with E-state index in [0.717, 1.165) is 25.9 Å². The van der Waals surface area contributed by atoms with Crippen LogP contribution >= 0.6 is 0 Å². The van der Waals surface area contributed by atoms with Gasteiger partial charge in [-0.1, -0.05) is 13.3 Å². The molecule has 0 aliphatic rings. The number of unbranched alkanes of at least 4 members (excludes halogenated alkanes) is 1. The fourth-order valence-corrected chi connectivity index (χ4v) is 0.754. The van der Waals surface area contributed by atoms with Crippen molar-refractivity contribution in [3.8, 4) is 0 Å². The Labute approximate surface area is 79.3 Å². The van der Waals surface area contributed by atoms with E-state index >= 15 is 0 Å². The number of aliphatic imine (C=N–C) groups is 2. The fourth-order valence-electron chi connectivity index (χ4n) is 0.754. The Morgan fingerprint density at radius 2 is 2.00 bits per heavy atom. The van der Waals surface area contributed by atoms with E-state index in [-0.39, 0.29) is 5.96 Å². The number of rotatable bonds is 4. The largest absolute Gasteiger partial charge is 0.370 e. The highest BCUT2D eigenvalue weighted by molar-refractivity contribution is 5.93. The zero-order chi connectivity index (χ0) is 10.1. The summed E-state index contributed by atoms with van der Waals surface area (Å²) in [4.78, 5) is 8.05. The van der Waals surface area contributed by atoms with Crippen molar-refractivity contribution in [1.29, 1.82) is 0 Å². The molecule has 0 aromatic carbocycles. The lowest BCUT2D eigenvalue weighted by Crippen LogP contribution is -2.29. The molecule has 76 valence electrons. The summed E-state index contributed by atoms with van der Waals surface area (Å²) in [5.74, 6) is 0.562. The van der Waals surface area contributed by atoms with Gasteiger partial charge in [-0.05, 0) is 13.3 Å². The molecule has 5 heteroatoms. The highest BCUT2D eigenvalue weighted by Crippen LogP contribution is 1.87. The van der Waals surface area contributed by atoms with Gasteiger partial charge in [-0.2, -0.15) is 4.99 Å². The zero-order valence-corrected chi connectivity index (χ0v) is 8.38. The topological polar surface area (TPSA) is 88.8 Å². The molecule has 13 heavy (non-hydrogen) atoms. The van der Waals surface area contributed by atoms with Crippen LogP contribution in [0.15, 0.2) is 9.98 Å². The van der Waals surface area contributed by atoms with Crippen LogP contribution in [0, 0.1) is 0 Å². The van der Waals surface area contributed by atoms with Crippen LogP contribution in [0.5, 0.6) is 0 Å². The van der Waals surface area contributed by atoms with Crippen LogP contribution in [-0.2, 0) is 0 Å². The van der Waals surface area contributed by atoms with E-state index in [4.69, 9.17) is 11.5 Å². The van der Waals surface area contributed by atoms with Crippen molar-refractivity contribution in [2.24, 2.45) is 21.5 Å². The molecular weight excluding hydrogens is 166 g/mol. The monoisotopic (exact) mass is 185 g/mol. The quantitative estimate of drug-likeness (QED) is 0.328. The van der Waals surface area contributed by atoms with Crippen LogP contribution < -0.4 is 16.8 Å². The molecule has 0 amide bonds. The average Bonchev–Trinajstić information content (AvgIpc) is 2.04. The molecule has 0 rings (SSSR count). The first-order chi connectivity index (χ1) is 6.20. The van der Waals surface area contributed by atoms with Crippen LogP contribution in [0.25, 0.3) is 0 Å². The summed E-state index contributed by atoms with van der Waals surface area (Å²) in [5.41, 5.74) is 10.5. The van der Waals surface area contributed by atoms with Crippen LogP contribution in [-0.4, -0.2) is 25.0 Å². The molecule has 0 fully saturated rings. The molecule has 0 aromatic rings. The van der Waals surface area contributed by atoms with E-state index in [9.17, 15) is 0 Å². The summed E-state index contributed by atoms with van der Waals surface area (Å²) in [6.07, 6.45) is 2.17. The number of nitrogens with two attached hydrogens (primary N) is 2. The molecule has 0 spiro atoms. The van der Waals surface area contributed by atoms with Crippen LogP contribution in [0.4, 0.5) is 0 Å². The molecule has 5 N–H and O–H groups in total. The van der Waals surface area contributed by atoms with Crippen molar-refractivity contribution < 1.29 is 0 Å². The number of hydrogen-bond donors (Lipinski definition) is 3. The van der Waals surface area contributed by atoms with Gasteiger partial charge in [0.2, 0.25) is 5.96 Å². The number of nitrogens with zero attached hydrogens (tertiary/aromatic N) is 2. The van der Waals surface area contributed by atoms with Gasteiger partial charge in [0.05, 0.1) is 0 Å². The van der Waals surface area contributed by atoms with Gasteiger partial charge in [0.1, 0.15) is 0 Å².